The van der Waals surface area contributed by atoms with Crippen molar-refractivity contribution in [3.05, 3.63) is 72.3 Å². The maximum atomic E-state index is 12.4. The lowest BCUT2D eigenvalue weighted by molar-refractivity contribution is -0.131. The van der Waals surface area contributed by atoms with Crippen molar-refractivity contribution in [1.29, 1.82) is 0 Å². The van der Waals surface area contributed by atoms with Crippen LogP contribution in [-0.4, -0.2) is 25.7 Å². The monoisotopic (exact) mass is 532 g/mol. The molecule has 39 heavy (non-hydrogen) atoms. The van der Waals surface area contributed by atoms with Crippen molar-refractivity contribution in [3.8, 4) is 22.6 Å². The van der Waals surface area contributed by atoms with E-state index in [1.54, 1.807) is 19.1 Å². The van der Waals surface area contributed by atoms with Gasteiger partial charge in [-0.05, 0) is 85.4 Å². The van der Waals surface area contributed by atoms with Gasteiger partial charge in [-0.2, -0.15) is 0 Å². The predicted molar refractivity (Wildman–Crippen MR) is 157 cm³/mol. The molecule has 1 fully saturated rings. The zero-order valence-corrected chi connectivity index (χ0v) is 23.9. The number of ether oxygens (including phenoxy) is 3. The topological polar surface area (TPSA) is 61.8 Å². The molecule has 0 radical (unpaired) electrons. The number of unbranched alkanes of at least 4 members (excludes halogenated alkanes) is 4. The van der Waals surface area contributed by atoms with Gasteiger partial charge in [0.05, 0.1) is 12.2 Å². The van der Waals surface area contributed by atoms with E-state index < -0.39 is 11.9 Å². The van der Waals surface area contributed by atoms with E-state index in [0.29, 0.717) is 23.0 Å². The second-order valence-corrected chi connectivity index (χ2v) is 10.8. The number of rotatable bonds is 14. The summed E-state index contributed by atoms with van der Waals surface area (Å²) in [4.78, 5) is 24.5. The van der Waals surface area contributed by atoms with Crippen LogP contribution in [0.3, 0.4) is 0 Å². The van der Waals surface area contributed by atoms with Gasteiger partial charge in [-0.1, -0.05) is 76.8 Å². The molecule has 5 nitrogen and oxygen atoms in total. The minimum absolute atomic E-state index is 0.128. The average Bonchev–Trinajstić information content (AvgIpc) is 2.94. The van der Waals surface area contributed by atoms with Crippen LogP contribution in [0.4, 0.5) is 0 Å². The zero-order valence-electron chi connectivity index (χ0n) is 23.9. The van der Waals surface area contributed by atoms with Crippen LogP contribution >= 0.6 is 0 Å². The lowest BCUT2D eigenvalue weighted by Crippen LogP contribution is -2.16. The second-order valence-electron chi connectivity index (χ2n) is 10.8. The Labute approximate surface area is 234 Å². The summed E-state index contributed by atoms with van der Waals surface area (Å²) in [6.45, 7) is 11.5. The lowest BCUT2D eigenvalue weighted by atomic mass is 9.76. The molecule has 2 aromatic carbocycles. The number of hydrogen-bond acceptors (Lipinski definition) is 5. The van der Waals surface area contributed by atoms with Crippen LogP contribution in [0, 0.1) is 5.92 Å². The second kappa shape index (κ2) is 15.4. The molecule has 0 unspecified atom stereocenters. The molecule has 5 heteroatoms. The molecule has 0 aliphatic heterocycles. The first kappa shape index (κ1) is 30.4. The Balaban J connectivity index is 1.73. The molecule has 0 heterocycles. The van der Waals surface area contributed by atoms with Gasteiger partial charge in [0, 0.05) is 12.7 Å². The molecular weight excluding hydrogens is 488 g/mol. The third-order valence-electron chi connectivity index (χ3n) is 7.57. The summed E-state index contributed by atoms with van der Waals surface area (Å²) in [7, 11) is 1.51. The maximum Gasteiger partial charge on any atom is 0.341 e. The van der Waals surface area contributed by atoms with E-state index in [-0.39, 0.29) is 12.2 Å². The number of carbonyl (C=O) groups excluding carboxylic acids is 2. The van der Waals surface area contributed by atoms with Crippen LogP contribution in [0.1, 0.15) is 89.5 Å². The Hall–Kier alpha value is -3.18. The lowest BCUT2D eigenvalue weighted by Gasteiger charge is -2.30. The smallest absolute Gasteiger partial charge is 0.341 e. The van der Waals surface area contributed by atoms with Gasteiger partial charge < -0.3 is 14.2 Å². The minimum atomic E-state index is -0.507. The van der Waals surface area contributed by atoms with Crippen LogP contribution in [0.15, 0.2) is 66.8 Å². The fourth-order valence-electron chi connectivity index (χ4n) is 5.25. The van der Waals surface area contributed by atoms with Crippen molar-refractivity contribution in [2.75, 3.05) is 13.7 Å². The van der Waals surface area contributed by atoms with Crippen LogP contribution < -0.4 is 9.47 Å². The molecule has 0 atom stereocenters. The van der Waals surface area contributed by atoms with Gasteiger partial charge in [-0.25, -0.2) is 9.59 Å². The Bertz CT molecular complexity index is 1120. The molecule has 3 rings (SSSR count). The van der Waals surface area contributed by atoms with Crippen molar-refractivity contribution >= 4 is 11.9 Å². The van der Waals surface area contributed by atoms with Gasteiger partial charge in [0.15, 0.2) is 0 Å². The maximum absolute atomic E-state index is 12.4. The number of methoxy groups -OCH3 is 1. The van der Waals surface area contributed by atoms with E-state index in [0.717, 1.165) is 35.4 Å². The molecule has 2 aromatic rings. The Morgan fingerprint density at radius 1 is 0.846 bits per heavy atom. The van der Waals surface area contributed by atoms with E-state index >= 15 is 0 Å². The number of hydrogen-bond donors (Lipinski definition) is 0. The third-order valence-corrected chi connectivity index (χ3v) is 7.57. The van der Waals surface area contributed by atoms with Gasteiger partial charge in [0.2, 0.25) is 0 Å². The van der Waals surface area contributed by atoms with Crippen LogP contribution in [0.25, 0.3) is 11.1 Å². The molecule has 0 saturated heterocycles. The first-order valence-corrected chi connectivity index (χ1v) is 14.3. The summed E-state index contributed by atoms with van der Waals surface area (Å²) in [5.74, 6) is 1.31. The third kappa shape index (κ3) is 9.21. The minimum Gasteiger partial charge on any atom is -0.423 e. The summed E-state index contributed by atoms with van der Waals surface area (Å²) in [6, 6.07) is 13.4. The molecular formula is C34H44O5. The normalized spacial score (nSPS) is 16.9. The summed E-state index contributed by atoms with van der Waals surface area (Å²) in [5, 5.41) is 0. The molecule has 0 aromatic heterocycles. The zero-order chi connectivity index (χ0) is 28.2. The van der Waals surface area contributed by atoms with E-state index in [2.05, 4.69) is 26.1 Å². The van der Waals surface area contributed by atoms with Gasteiger partial charge in [0.1, 0.15) is 11.5 Å². The highest BCUT2D eigenvalue weighted by Crippen LogP contribution is 2.42. The standard InChI is InChI=1S/C34H44O5/c1-6-7-8-9-10-11-26-12-14-28(15-13-26)31-22-29(18-21-32(31)39-33(35)24(2)3)27-16-19-30(20-17-27)38-34(36)25(4)23-37-5/h16-22,26,28H,2,4,6-15,23H2,1,3,5H3. The molecule has 1 aliphatic rings. The molecule has 210 valence electrons. The van der Waals surface area contributed by atoms with Gasteiger partial charge in [-0.15, -0.1) is 0 Å². The summed E-state index contributed by atoms with van der Waals surface area (Å²) in [6.07, 6.45) is 12.6. The summed E-state index contributed by atoms with van der Waals surface area (Å²) >= 11 is 0. The van der Waals surface area contributed by atoms with E-state index in [1.807, 2.05) is 24.3 Å². The first-order valence-electron chi connectivity index (χ1n) is 14.3. The Morgan fingerprint density at radius 2 is 1.51 bits per heavy atom. The predicted octanol–water partition coefficient (Wildman–Crippen LogP) is 8.58. The van der Waals surface area contributed by atoms with Crippen molar-refractivity contribution in [2.45, 2.75) is 84.0 Å². The first-order chi connectivity index (χ1) is 18.8. The van der Waals surface area contributed by atoms with Crippen LogP contribution in [0.5, 0.6) is 11.5 Å². The highest BCUT2D eigenvalue weighted by atomic mass is 16.5. The fourth-order valence-corrected chi connectivity index (χ4v) is 5.25. The van der Waals surface area contributed by atoms with Crippen LogP contribution in [-0.2, 0) is 14.3 Å². The Morgan fingerprint density at radius 3 is 2.15 bits per heavy atom. The Kier molecular flexibility index (Phi) is 12.0. The largest absolute Gasteiger partial charge is 0.423 e. The molecule has 0 bridgehead atoms. The quantitative estimate of drug-likeness (QED) is 0.106. The average molecular weight is 533 g/mol. The van der Waals surface area contributed by atoms with Gasteiger partial charge >= 0.3 is 11.9 Å². The van der Waals surface area contributed by atoms with E-state index in [9.17, 15) is 9.59 Å². The summed E-state index contributed by atoms with van der Waals surface area (Å²) < 4.78 is 16.1. The number of benzene rings is 2. The van der Waals surface area contributed by atoms with Gasteiger partial charge in [0.25, 0.3) is 0 Å². The van der Waals surface area contributed by atoms with E-state index in [4.69, 9.17) is 14.2 Å². The van der Waals surface area contributed by atoms with Gasteiger partial charge in [-0.3, -0.25) is 0 Å². The molecule has 0 spiro atoms. The molecule has 0 N–H and O–H groups in total. The molecule has 1 aliphatic carbocycles. The number of esters is 2. The highest BCUT2D eigenvalue weighted by Gasteiger charge is 2.26. The van der Waals surface area contributed by atoms with Crippen molar-refractivity contribution in [2.24, 2.45) is 5.92 Å². The van der Waals surface area contributed by atoms with Crippen LogP contribution in [0.2, 0.25) is 0 Å². The molecule has 0 amide bonds. The van der Waals surface area contributed by atoms with Crippen molar-refractivity contribution in [3.63, 3.8) is 0 Å². The van der Waals surface area contributed by atoms with Crippen molar-refractivity contribution in [1.82, 2.24) is 0 Å². The highest BCUT2D eigenvalue weighted by molar-refractivity contribution is 5.90. The number of carbonyl (C=O) groups is 2. The fraction of sp³-hybridized carbons (Fsp3) is 0.471. The SMILES string of the molecule is C=C(C)C(=O)Oc1ccc(-c2ccc(OC(=O)C(=C)COC)cc2)cc1C1CCC(CCCCCCC)CC1. The molecule has 1 saturated carbocycles. The summed E-state index contributed by atoms with van der Waals surface area (Å²) in [5.41, 5.74) is 3.74. The van der Waals surface area contributed by atoms with E-state index in [1.165, 1.54) is 58.5 Å². The van der Waals surface area contributed by atoms with Crippen molar-refractivity contribution < 1.29 is 23.8 Å².